The lowest BCUT2D eigenvalue weighted by molar-refractivity contribution is 0.0345. The molecule has 1 fully saturated rings. The van der Waals surface area contributed by atoms with Crippen LogP contribution in [0.25, 0.3) is 10.9 Å². The Morgan fingerprint density at radius 3 is 2.56 bits per heavy atom. The molecule has 5 nitrogen and oxygen atoms in total. The van der Waals surface area contributed by atoms with Gasteiger partial charge in [0.2, 0.25) is 0 Å². The minimum absolute atomic E-state index is 0.0571. The van der Waals surface area contributed by atoms with Crippen LogP contribution in [0.3, 0.4) is 0 Å². The first-order chi connectivity index (χ1) is 18.7. The lowest BCUT2D eigenvalue weighted by Crippen LogP contribution is -2.42. The highest BCUT2D eigenvalue weighted by molar-refractivity contribution is 5.88. The molecule has 0 bridgehead atoms. The van der Waals surface area contributed by atoms with Gasteiger partial charge in [-0.05, 0) is 68.5 Å². The third kappa shape index (κ3) is 6.45. The summed E-state index contributed by atoms with van der Waals surface area (Å²) in [5.74, 6) is 2.60. The standard InChI is InChI=1S/C30H33F4N3O2/c1-36(2)27-18-35-26-7-6-22(39-3)17-23(26)28(27)24(32)8-9-30(19-38)10-13-37(14-11-30)12-4-5-20-15-21(31)16-25(33)29(20)34/h6-7,15-18,24,38H,8-14,19H2,1-3H3/t24-/m0/s1. The maximum Gasteiger partial charge on any atom is 0.174 e. The molecule has 0 saturated carbocycles. The average molecular weight is 544 g/mol. The van der Waals surface area contributed by atoms with Gasteiger partial charge < -0.3 is 14.7 Å². The Hall–Kier alpha value is -3.35. The van der Waals surface area contributed by atoms with Crippen LogP contribution in [0.1, 0.15) is 43.0 Å². The minimum atomic E-state index is -1.27. The molecule has 3 aromatic rings. The Labute approximate surface area is 226 Å². The summed E-state index contributed by atoms with van der Waals surface area (Å²) in [5.41, 5.74) is 1.20. The average Bonchev–Trinajstić information content (AvgIpc) is 2.94. The van der Waals surface area contributed by atoms with Gasteiger partial charge in [-0.3, -0.25) is 9.88 Å². The number of piperidine rings is 1. The van der Waals surface area contributed by atoms with Crippen LogP contribution in [0.15, 0.2) is 36.5 Å². The number of hydrogen-bond donors (Lipinski definition) is 1. The number of anilines is 1. The Kier molecular flexibility index (Phi) is 8.98. The molecule has 0 spiro atoms. The quantitative estimate of drug-likeness (QED) is 0.226. The topological polar surface area (TPSA) is 48.8 Å². The van der Waals surface area contributed by atoms with Crippen LogP contribution in [0, 0.1) is 34.7 Å². The number of aliphatic hydroxyl groups is 1. The number of alkyl halides is 1. The minimum Gasteiger partial charge on any atom is -0.497 e. The third-order valence-electron chi connectivity index (χ3n) is 7.59. The number of halogens is 4. The Morgan fingerprint density at radius 2 is 1.90 bits per heavy atom. The molecular weight excluding hydrogens is 510 g/mol. The second-order valence-electron chi connectivity index (χ2n) is 10.3. The van der Waals surface area contributed by atoms with Crippen LogP contribution in [0.5, 0.6) is 5.75 Å². The molecule has 1 N–H and O–H groups in total. The van der Waals surface area contributed by atoms with Gasteiger partial charge in [0.1, 0.15) is 17.7 Å². The van der Waals surface area contributed by atoms with Crippen LogP contribution in [0.4, 0.5) is 23.2 Å². The van der Waals surface area contributed by atoms with E-state index in [1.165, 1.54) is 0 Å². The van der Waals surface area contributed by atoms with Gasteiger partial charge in [0.05, 0.1) is 36.6 Å². The van der Waals surface area contributed by atoms with Gasteiger partial charge in [-0.2, -0.15) is 0 Å². The number of fused-ring (bicyclic) bond motifs is 1. The van der Waals surface area contributed by atoms with Crippen molar-refractivity contribution in [3.05, 3.63) is 65.1 Å². The zero-order valence-electron chi connectivity index (χ0n) is 22.4. The summed E-state index contributed by atoms with van der Waals surface area (Å²) in [6, 6.07) is 6.78. The monoisotopic (exact) mass is 543 g/mol. The first-order valence-corrected chi connectivity index (χ1v) is 12.9. The van der Waals surface area contributed by atoms with E-state index in [0.717, 1.165) is 6.07 Å². The zero-order valence-corrected chi connectivity index (χ0v) is 22.4. The zero-order chi connectivity index (χ0) is 28.2. The van der Waals surface area contributed by atoms with E-state index in [2.05, 4.69) is 16.8 Å². The Balaban J connectivity index is 1.43. The predicted octanol–water partition coefficient (Wildman–Crippen LogP) is 5.64. The second-order valence-corrected chi connectivity index (χ2v) is 10.3. The van der Waals surface area contributed by atoms with Crippen molar-refractivity contribution in [2.24, 2.45) is 5.41 Å². The third-order valence-corrected chi connectivity index (χ3v) is 7.59. The Morgan fingerprint density at radius 1 is 1.15 bits per heavy atom. The number of methoxy groups -OCH3 is 1. The van der Waals surface area contributed by atoms with E-state index in [9.17, 15) is 18.3 Å². The summed E-state index contributed by atoms with van der Waals surface area (Å²) in [6.45, 7) is 1.47. The number of aliphatic hydroxyl groups excluding tert-OH is 1. The van der Waals surface area contributed by atoms with Crippen molar-refractivity contribution in [1.82, 2.24) is 9.88 Å². The number of pyridine rings is 1. The predicted molar refractivity (Wildman–Crippen MR) is 144 cm³/mol. The van der Waals surface area contributed by atoms with Gasteiger partial charge in [-0.25, -0.2) is 17.6 Å². The van der Waals surface area contributed by atoms with E-state index in [1.54, 1.807) is 19.4 Å². The summed E-state index contributed by atoms with van der Waals surface area (Å²) in [4.78, 5) is 8.37. The van der Waals surface area contributed by atoms with E-state index in [1.807, 2.05) is 36.0 Å². The fourth-order valence-corrected chi connectivity index (χ4v) is 5.14. The summed E-state index contributed by atoms with van der Waals surface area (Å²) in [6.07, 6.45) is 2.44. The van der Waals surface area contributed by atoms with Crippen LogP contribution in [-0.4, -0.2) is 62.4 Å². The van der Waals surface area contributed by atoms with Crippen molar-refractivity contribution >= 4 is 16.6 Å². The molecule has 1 saturated heterocycles. The fraction of sp³-hybridized carbons (Fsp3) is 0.433. The van der Waals surface area contributed by atoms with Crippen molar-refractivity contribution in [3.8, 4) is 17.6 Å². The lowest BCUT2D eigenvalue weighted by Gasteiger charge is -2.40. The molecule has 0 amide bonds. The van der Waals surface area contributed by atoms with Gasteiger partial charge >= 0.3 is 0 Å². The first-order valence-electron chi connectivity index (χ1n) is 12.9. The van der Waals surface area contributed by atoms with Gasteiger partial charge in [-0.15, -0.1) is 0 Å². The highest BCUT2D eigenvalue weighted by Gasteiger charge is 2.35. The number of aromatic nitrogens is 1. The van der Waals surface area contributed by atoms with E-state index >= 15 is 4.39 Å². The molecule has 1 atom stereocenters. The maximum absolute atomic E-state index is 16.0. The van der Waals surface area contributed by atoms with Crippen LogP contribution < -0.4 is 9.64 Å². The number of benzene rings is 2. The van der Waals surface area contributed by atoms with Gasteiger partial charge in [-0.1, -0.05) is 11.8 Å². The van der Waals surface area contributed by atoms with E-state index < -0.39 is 29.0 Å². The van der Waals surface area contributed by atoms with Gasteiger partial charge in [0.15, 0.2) is 11.6 Å². The SMILES string of the molecule is COc1ccc2ncc(N(C)C)c([C@@H](F)CCC3(CO)CCN(CC#Cc4cc(F)cc(F)c4F)CC3)c2c1. The van der Waals surface area contributed by atoms with Gasteiger partial charge in [0.25, 0.3) is 0 Å². The Bertz CT molecular complexity index is 1380. The maximum atomic E-state index is 16.0. The molecule has 0 unspecified atom stereocenters. The van der Waals surface area contributed by atoms with Crippen molar-refractivity contribution in [3.63, 3.8) is 0 Å². The summed E-state index contributed by atoms with van der Waals surface area (Å²) >= 11 is 0. The second kappa shape index (κ2) is 12.2. The van der Waals surface area contributed by atoms with Crippen LogP contribution in [-0.2, 0) is 0 Å². The number of ether oxygens (including phenoxy) is 1. The normalized spacial score (nSPS) is 16.0. The molecule has 39 heavy (non-hydrogen) atoms. The smallest absolute Gasteiger partial charge is 0.174 e. The first kappa shape index (κ1) is 28.7. The van der Waals surface area contributed by atoms with Crippen molar-refractivity contribution in [2.75, 3.05) is 52.3 Å². The highest BCUT2D eigenvalue weighted by atomic mass is 19.2. The lowest BCUT2D eigenvalue weighted by atomic mass is 9.74. The molecule has 4 rings (SSSR count). The molecule has 0 aliphatic carbocycles. The molecule has 208 valence electrons. The number of hydrogen-bond acceptors (Lipinski definition) is 5. The molecular formula is C30H33F4N3O2. The van der Waals surface area contributed by atoms with E-state index in [4.69, 9.17) is 4.74 Å². The highest BCUT2D eigenvalue weighted by Crippen LogP contribution is 2.42. The fourth-order valence-electron chi connectivity index (χ4n) is 5.14. The van der Waals surface area contributed by atoms with E-state index in [-0.39, 0.29) is 18.6 Å². The van der Waals surface area contributed by atoms with E-state index in [0.29, 0.717) is 72.9 Å². The largest absolute Gasteiger partial charge is 0.497 e. The van der Waals surface area contributed by atoms with Crippen LogP contribution >= 0.6 is 0 Å². The molecule has 2 heterocycles. The number of nitrogens with zero attached hydrogens (tertiary/aromatic N) is 3. The van der Waals surface area contributed by atoms with Crippen molar-refractivity contribution in [2.45, 2.75) is 31.9 Å². The summed E-state index contributed by atoms with van der Waals surface area (Å²) in [5, 5.41) is 11.0. The molecule has 0 radical (unpaired) electrons. The number of rotatable bonds is 8. The molecule has 2 aromatic carbocycles. The molecule has 1 aromatic heterocycles. The van der Waals surface area contributed by atoms with Crippen molar-refractivity contribution < 1.29 is 27.4 Å². The molecule has 9 heteroatoms. The van der Waals surface area contributed by atoms with Crippen LogP contribution in [0.2, 0.25) is 0 Å². The summed E-state index contributed by atoms with van der Waals surface area (Å²) in [7, 11) is 5.28. The van der Waals surface area contributed by atoms with Crippen molar-refractivity contribution in [1.29, 1.82) is 0 Å². The van der Waals surface area contributed by atoms with Gasteiger partial charge in [0, 0.05) is 37.7 Å². The molecule has 1 aliphatic rings. The molecule has 1 aliphatic heterocycles. The number of likely N-dealkylation sites (tertiary alicyclic amines) is 1. The summed E-state index contributed by atoms with van der Waals surface area (Å²) < 4.78 is 62.0.